The van der Waals surface area contributed by atoms with Gasteiger partial charge in [-0.05, 0) is 45.6 Å². The van der Waals surface area contributed by atoms with Gasteiger partial charge in [0.25, 0.3) is 0 Å². The second kappa shape index (κ2) is 8.23. The number of alkyl carbamates (subject to hydrolysis) is 1. The highest BCUT2D eigenvalue weighted by Crippen LogP contribution is 2.28. The molecule has 2 amide bonds. The van der Waals surface area contributed by atoms with Gasteiger partial charge in [-0.2, -0.15) is 0 Å². The van der Waals surface area contributed by atoms with Crippen LogP contribution < -0.4 is 5.32 Å². The Morgan fingerprint density at radius 2 is 1.96 bits per heavy atom. The molecule has 6 heteroatoms. The molecule has 0 bridgehead atoms. The van der Waals surface area contributed by atoms with E-state index in [9.17, 15) is 9.59 Å². The Morgan fingerprint density at radius 3 is 2.56 bits per heavy atom. The summed E-state index contributed by atoms with van der Waals surface area (Å²) < 4.78 is 10.3. The van der Waals surface area contributed by atoms with Crippen molar-refractivity contribution in [3.63, 3.8) is 0 Å². The van der Waals surface area contributed by atoms with E-state index < -0.39 is 11.7 Å². The maximum atomic E-state index is 12.2. The Hall–Kier alpha value is -2.24. The molecule has 0 radical (unpaired) electrons. The maximum Gasteiger partial charge on any atom is 0.409 e. The van der Waals surface area contributed by atoms with E-state index in [4.69, 9.17) is 9.47 Å². The smallest absolute Gasteiger partial charge is 0.409 e. The molecule has 1 fully saturated rings. The predicted octanol–water partition coefficient (Wildman–Crippen LogP) is 3.87. The summed E-state index contributed by atoms with van der Waals surface area (Å²) in [6.45, 7) is 6.19. The molecule has 0 aromatic heterocycles. The van der Waals surface area contributed by atoms with E-state index in [2.05, 4.69) is 5.32 Å². The van der Waals surface area contributed by atoms with E-state index in [-0.39, 0.29) is 18.2 Å². The van der Waals surface area contributed by atoms with E-state index in [0.29, 0.717) is 13.0 Å². The maximum absolute atomic E-state index is 12.2. The number of nitrogens with one attached hydrogen (secondary N) is 1. The Bertz CT molecular complexity index is 583. The lowest BCUT2D eigenvalue weighted by Crippen LogP contribution is -2.40. The fraction of sp³-hybridized carbons (Fsp3) is 0.579. The molecule has 1 N–H and O–H groups in total. The first-order valence-corrected chi connectivity index (χ1v) is 8.69. The van der Waals surface area contributed by atoms with Crippen LogP contribution in [-0.2, 0) is 9.47 Å². The highest BCUT2D eigenvalue weighted by Gasteiger charge is 2.32. The minimum absolute atomic E-state index is 0.0348. The topological polar surface area (TPSA) is 67.9 Å². The highest BCUT2D eigenvalue weighted by molar-refractivity contribution is 5.69. The lowest BCUT2D eigenvalue weighted by molar-refractivity contribution is 0.0493. The SMILES string of the molecule is COC(=O)N1CCC[C@@H]1C[C@H](NC(=O)OC(C)(C)C)c1ccccc1. The minimum atomic E-state index is -0.559. The molecule has 0 unspecified atom stereocenters. The number of rotatable bonds is 4. The number of hydrogen-bond acceptors (Lipinski definition) is 4. The van der Waals surface area contributed by atoms with E-state index in [0.717, 1.165) is 18.4 Å². The van der Waals surface area contributed by atoms with Crippen LogP contribution in [0.15, 0.2) is 30.3 Å². The molecular weight excluding hydrogens is 320 g/mol. The van der Waals surface area contributed by atoms with Gasteiger partial charge in [-0.15, -0.1) is 0 Å². The molecule has 138 valence electrons. The van der Waals surface area contributed by atoms with Gasteiger partial charge >= 0.3 is 12.2 Å². The van der Waals surface area contributed by atoms with E-state index in [1.165, 1.54) is 7.11 Å². The van der Waals surface area contributed by atoms with Crippen molar-refractivity contribution in [2.24, 2.45) is 0 Å². The molecule has 1 aliphatic rings. The quantitative estimate of drug-likeness (QED) is 0.897. The summed E-state index contributed by atoms with van der Waals surface area (Å²) in [4.78, 5) is 25.9. The number of methoxy groups -OCH3 is 1. The first kappa shape index (κ1) is 19.1. The van der Waals surface area contributed by atoms with Crippen LogP contribution in [0.2, 0.25) is 0 Å². The Labute approximate surface area is 149 Å². The molecule has 0 spiro atoms. The van der Waals surface area contributed by atoms with Gasteiger partial charge in [0.05, 0.1) is 13.2 Å². The number of likely N-dealkylation sites (tertiary alicyclic amines) is 1. The van der Waals surface area contributed by atoms with Gasteiger partial charge in [0.1, 0.15) is 5.60 Å². The van der Waals surface area contributed by atoms with Gasteiger partial charge in [0.15, 0.2) is 0 Å². The van der Waals surface area contributed by atoms with Gasteiger partial charge in [0.2, 0.25) is 0 Å². The van der Waals surface area contributed by atoms with Crippen LogP contribution in [-0.4, -0.2) is 42.4 Å². The van der Waals surface area contributed by atoms with Crippen LogP contribution in [0.5, 0.6) is 0 Å². The summed E-state index contributed by atoms with van der Waals surface area (Å²) in [5, 5.41) is 2.95. The summed E-state index contributed by atoms with van der Waals surface area (Å²) in [5.74, 6) is 0. The van der Waals surface area contributed by atoms with Crippen molar-refractivity contribution in [1.82, 2.24) is 10.2 Å². The van der Waals surface area contributed by atoms with E-state index in [1.54, 1.807) is 4.90 Å². The summed E-state index contributed by atoms with van der Waals surface area (Å²) in [7, 11) is 1.39. The van der Waals surface area contributed by atoms with Gasteiger partial charge < -0.3 is 19.7 Å². The van der Waals surface area contributed by atoms with Gasteiger partial charge in [0, 0.05) is 12.6 Å². The highest BCUT2D eigenvalue weighted by atomic mass is 16.6. The van der Waals surface area contributed by atoms with Gasteiger partial charge in [-0.25, -0.2) is 9.59 Å². The monoisotopic (exact) mass is 348 g/mol. The standard InChI is InChI=1S/C19H28N2O4/c1-19(2,3)25-17(22)20-16(14-9-6-5-7-10-14)13-15-11-8-12-21(15)18(23)24-4/h5-7,9-10,15-16H,8,11-13H2,1-4H3,(H,20,22)/t15-,16+/m1/s1. The largest absolute Gasteiger partial charge is 0.453 e. The molecule has 25 heavy (non-hydrogen) atoms. The number of ether oxygens (including phenoxy) is 2. The Kier molecular flexibility index (Phi) is 6.28. The second-order valence-corrected chi connectivity index (χ2v) is 7.30. The van der Waals surface area contributed by atoms with Crippen molar-refractivity contribution in [2.45, 2.75) is 57.7 Å². The third-order valence-electron chi connectivity index (χ3n) is 4.19. The molecule has 0 saturated carbocycles. The predicted molar refractivity (Wildman–Crippen MR) is 95.3 cm³/mol. The molecule has 1 aromatic carbocycles. The zero-order valence-corrected chi connectivity index (χ0v) is 15.5. The van der Waals surface area contributed by atoms with Crippen LogP contribution in [0.1, 0.15) is 51.6 Å². The van der Waals surface area contributed by atoms with Crippen LogP contribution in [0.3, 0.4) is 0 Å². The molecule has 2 rings (SSSR count). The molecule has 1 heterocycles. The third kappa shape index (κ3) is 5.66. The van der Waals surface area contributed by atoms with Crippen molar-refractivity contribution in [3.8, 4) is 0 Å². The van der Waals surface area contributed by atoms with Crippen LogP contribution in [0.25, 0.3) is 0 Å². The second-order valence-electron chi connectivity index (χ2n) is 7.30. The molecule has 6 nitrogen and oxygen atoms in total. The Morgan fingerprint density at radius 1 is 1.28 bits per heavy atom. The van der Waals surface area contributed by atoms with Crippen LogP contribution in [0, 0.1) is 0 Å². The number of carbonyl (C=O) groups is 2. The van der Waals surface area contributed by atoms with Crippen LogP contribution in [0.4, 0.5) is 9.59 Å². The zero-order chi connectivity index (χ0) is 18.4. The minimum Gasteiger partial charge on any atom is -0.453 e. The Balaban J connectivity index is 2.12. The molecule has 2 atom stereocenters. The number of carbonyl (C=O) groups excluding carboxylic acids is 2. The first-order valence-electron chi connectivity index (χ1n) is 8.69. The number of benzene rings is 1. The fourth-order valence-electron chi connectivity index (χ4n) is 3.12. The van der Waals surface area contributed by atoms with Crippen LogP contribution >= 0.6 is 0 Å². The molecule has 1 aromatic rings. The summed E-state index contributed by atoms with van der Waals surface area (Å²) in [6, 6.07) is 9.56. The summed E-state index contributed by atoms with van der Waals surface area (Å²) >= 11 is 0. The lowest BCUT2D eigenvalue weighted by atomic mass is 9.98. The van der Waals surface area contributed by atoms with Crippen molar-refractivity contribution >= 4 is 12.2 Å². The lowest BCUT2D eigenvalue weighted by Gasteiger charge is -2.29. The van der Waals surface area contributed by atoms with Gasteiger partial charge in [-0.3, -0.25) is 0 Å². The first-order chi connectivity index (χ1) is 11.8. The summed E-state index contributed by atoms with van der Waals surface area (Å²) in [5.41, 5.74) is 0.432. The van der Waals surface area contributed by atoms with E-state index in [1.807, 2.05) is 51.1 Å². The number of nitrogens with zero attached hydrogens (tertiary/aromatic N) is 1. The van der Waals surface area contributed by atoms with Gasteiger partial charge in [-0.1, -0.05) is 30.3 Å². The number of hydrogen-bond donors (Lipinski definition) is 1. The van der Waals surface area contributed by atoms with Crippen molar-refractivity contribution in [2.75, 3.05) is 13.7 Å². The van der Waals surface area contributed by atoms with Crippen molar-refractivity contribution < 1.29 is 19.1 Å². The summed E-state index contributed by atoms with van der Waals surface area (Å²) in [6.07, 6.45) is 1.69. The number of amides is 2. The molecule has 1 aliphatic heterocycles. The van der Waals surface area contributed by atoms with Crippen molar-refractivity contribution in [3.05, 3.63) is 35.9 Å². The molecule has 0 aliphatic carbocycles. The molecular formula is C19H28N2O4. The van der Waals surface area contributed by atoms with Crippen molar-refractivity contribution in [1.29, 1.82) is 0 Å². The fourth-order valence-corrected chi connectivity index (χ4v) is 3.12. The molecule has 1 saturated heterocycles. The third-order valence-corrected chi connectivity index (χ3v) is 4.19. The average molecular weight is 348 g/mol. The van der Waals surface area contributed by atoms with E-state index >= 15 is 0 Å². The zero-order valence-electron chi connectivity index (χ0n) is 15.5. The average Bonchev–Trinajstić information content (AvgIpc) is 3.01. The normalized spacial score (nSPS) is 18.6.